The van der Waals surface area contributed by atoms with Crippen molar-refractivity contribution in [3.8, 4) is 5.75 Å². The molecule has 1 atom stereocenters. The third kappa shape index (κ3) is 2.24. The van der Waals surface area contributed by atoms with Gasteiger partial charge in [0.1, 0.15) is 5.75 Å². The molecule has 0 aromatic heterocycles. The second-order valence-corrected chi connectivity index (χ2v) is 3.74. The molecule has 0 radical (unpaired) electrons. The molecule has 3 nitrogen and oxygen atoms in total. The summed E-state index contributed by atoms with van der Waals surface area (Å²) in [6.45, 7) is 2.48. The molecule has 0 spiro atoms. The maximum absolute atomic E-state index is 11.5. The van der Waals surface area contributed by atoms with Gasteiger partial charge < -0.3 is 10.1 Å². The van der Waals surface area contributed by atoms with Crippen LogP contribution in [0.4, 0.5) is 0 Å². The van der Waals surface area contributed by atoms with Crippen molar-refractivity contribution in [3.05, 3.63) is 42.0 Å². The molecular formula is C13H15NO2. The summed E-state index contributed by atoms with van der Waals surface area (Å²) in [5.41, 5.74) is 1.06. The number of hydrogen-bond donors (Lipinski definition) is 1. The Bertz CT molecular complexity index is 412. The van der Waals surface area contributed by atoms with Gasteiger partial charge in [0.15, 0.2) is 0 Å². The average Bonchev–Trinajstić information content (AvgIpc) is 2.30. The number of hydrogen-bond acceptors (Lipinski definition) is 2. The zero-order valence-corrected chi connectivity index (χ0v) is 9.27. The molecule has 16 heavy (non-hydrogen) atoms. The SMILES string of the molecule is C/C=C/C(=O)NC1CCOc2ccccc21. The summed E-state index contributed by atoms with van der Waals surface area (Å²) >= 11 is 0. The average molecular weight is 217 g/mol. The van der Waals surface area contributed by atoms with E-state index in [1.165, 1.54) is 6.08 Å². The Morgan fingerprint density at radius 2 is 2.31 bits per heavy atom. The van der Waals surface area contributed by atoms with Crippen LogP contribution in [0.25, 0.3) is 0 Å². The molecule has 0 bridgehead atoms. The third-order valence-electron chi connectivity index (χ3n) is 2.59. The van der Waals surface area contributed by atoms with Gasteiger partial charge in [0.25, 0.3) is 0 Å². The molecule has 3 heteroatoms. The van der Waals surface area contributed by atoms with E-state index in [1.54, 1.807) is 6.08 Å². The molecule has 1 aromatic carbocycles. The Hall–Kier alpha value is -1.77. The molecule has 0 saturated carbocycles. The zero-order chi connectivity index (χ0) is 11.4. The highest BCUT2D eigenvalue weighted by molar-refractivity contribution is 5.87. The van der Waals surface area contributed by atoms with Crippen molar-refractivity contribution in [1.29, 1.82) is 0 Å². The van der Waals surface area contributed by atoms with Crippen LogP contribution in [0.3, 0.4) is 0 Å². The third-order valence-corrected chi connectivity index (χ3v) is 2.59. The molecule has 1 amide bonds. The second kappa shape index (κ2) is 4.84. The highest BCUT2D eigenvalue weighted by Gasteiger charge is 2.21. The largest absolute Gasteiger partial charge is 0.493 e. The molecule has 1 aliphatic rings. The Morgan fingerprint density at radius 3 is 3.12 bits per heavy atom. The minimum Gasteiger partial charge on any atom is -0.493 e. The summed E-state index contributed by atoms with van der Waals surface area (Å²) in [6, 6.07) is 7.89. The number of nitrogens with one attached hydrogen (secondary N) is 1. The molecule has 84 valence electrons. The monoisotopic (exact) mass is 217 g/mol. The quantitative estimate of drug-likeness (QED) is 0.771. The number of benzene rings is 1. The van der Waals surface area contributed by atoms with Crippen LogP contribution >= 0.6 is 0 Å². The fourth-order valence-electron chi connectivity index (χ4n) is 1.86. The summed E-state index contributed by atoms with van der Waals surface area (Å²) in [7, 11) is 0. The van der Waals surface area contributed by atoms with Gasteiger partial charge in [-0.2, -0.15) is 0 Å². The summed E-state index contributed by atoms with van der Waals surface area (Å²) in [5, 5.41) is 2.97. The van der Waals surface area contributed by atoms with E-state index < -0.39 is 0 Å². The summed E-state index contributed by atoms with van der Waals surface area (Å²) in [6.07, 6.45) is 4.10. The Kier molecular flexibility index (Phi) is 3.25. The molecule has 0 fully saturated rings. The molecular weight excluding hydrogens is 202 g/mol. The van der Waals surface area contributed by atoms with Crippen LogP contribution in [0.5, 0.6) is 5.75 Å². The van der Waals surface area contributed by atoms with Gasteiger partial charge in [-0.1, -0.05) is 24.3 Å². The molecule has 2 rings (SSSR count). The number of carbonyl (C=O) groups excluding carboxylic acids is 1. The van der Waals surface area contributed by atoms with Crippen molar-refractivity contribution in [2.75, 3.05) is 6.61 Å². The Labute approximate surface area is 95.1 Å². The summed E-state index contributed by atoms with van der Waals surface area (Å²) < 4.78 is 5.53. The van der Waals surface area contributed by atoms with Gasteiger partial charge in [-0.05, 0) is 19.1 Å². The van der Waals surface area contributed by atoms with Gasteiger partial charge in [0.05, 0.1) is 12.6 Å². The van der Waals surface area contributed by atoms with E-state index in [0.717, 1.165) is 17.7 Å². The molecule has 1 heterocycles. The number of para-hydroxylation sites is 1. The van der Waals surface area contributed by atoms with Gasteiger partial charge in [0.2, 0.25) is 5.91 Å². The molecule has 0 saturated heterocycles. The van der Waals surface area contributed by atoms with Crippen LogP contribution in [0.2, 0.25) is 0 Å². The van der Waals surface area contributed by atoms with Crippen LogP contribution in [0.1, 0.15) is 24.9 Å². The van der Waals surface area contributed by atoms with Crippen molar-refractivity contribution >= 4 is 5.91 Å². The molecule has 0 aliphatic carbocycles. The first-order valence-electron chi connectivity index (χ1n) is 5.46. The van der Waals surface area contributed by atoms with Crippen molar-refractivity contribution in [2.45, 2.75) is 19.4 Å². The van der Waals surface area contributed by atoms with E-state index in [0.29, 0.717) is 6.61 Å². The Balaban J connectivity index is 2.16. The van der Waals surface area contributed by atoms with Crippen molar-refractivity contribution in [3.63, 3.8) is 0 Å². The molecule has 1 unspecified atom stereocenters. The number of allylic oxidation sites excluding steroid dienone is 1. The first kappa shape index (κ1) is 10.7. The summed E-state index contributed by atoms with van der Waals surface area (Å²) in [5.74, 6) is 0.823. The number of fused-ring (bicyclic) bond motifs is 1. The van der Waals surface area contributed by atoms with Crippen molar-refractivity contribution in [1.82, 2.24) is 5.32 Å². The smallest absolute Gasteiger partial charge is 0.244 e. The number of rotatable bonds is 2. The topological polar surface area (TPSA) is 38.3 Å². The van der Waals surface area contributed by atoms with Gasteiger partial charge in [-0.15, -0.1) is 0 Å². The molecule has 1 N–H and O–H groups in total. The highest BCUT2D eigenvalue weighted by Crippen LogP contribution is 2.31. The molecule has 1 aliphatic heterocycles. The van der Waals surface area contributed by atoms with Gasteiger partial charge in [-0.25, -0.2) is 0 Å². The number of ether oxygens (including phenoxy) is 1. The lowest BCUT2D eigenvalue weighted by Crippen LogP contribution is -2.30. The van der Waals surface area contributed by atoms with Gasteiger partial charge >= 0.3 is 0 Å². The number of carbonyl (C=O) groups is 1. The van der Waals surface area contributed by atoms with Crippen molar-refractivity contribution in [2.24, 2.45) is 0 Å². The van der Waals surface area contributed by atoms with E-state index in [2.05, 4.69) is 5.32 Å². The first-order chi connectivity index (χ1) is 7.81. The van der Waals surface area contributed by atoms with Crippen LogP contribution < -0.4 is 10.1 Å². The lowest BCUT2D eigenvalue weighted by Gasteiger charge is -2.26. The van der Waals surface area contributed by atoms with E-state index >= 15 is 0 Å². The Morgan fingerprint density at radius 1 is 1.50 bits per heavy atom. The summed E-state index contributed by atoms with van der Waals surface area (Å²) in [4.78, 5) is 11.5. The van der Waals surface area contributed by atoms with Crippen LogP contribution in [0, 0.1) is 0 Å². The lowest BCUT2D eigenvalue weighted by atomic mass is 10.0. The maximum atomic E-state index is 11.5. The second-order valence-electron chi connectivity index (χ2n) is 3.74. The van der Waals surface area contributed by atoms with Crippen LogP contribution in [0.15, 0.2) is 36.4 Å². The maximum Gasteiger partial charge on any atom is 0.244 e. The van der Waals surface area contributed by atoms with E-state index in [1.807, 2.05) is 31.2 Å². The van der Waals surface area contributed by atoms with Gasteiger partial charge in [0, 0.05) is 12.0 Å². The predicted molar refractivity (Wildman–Crippen MR) is 62.3 cm³/mol. The standard InChI is InChI=1S/C13H15NO2/c1-2-5-13(15)14-11-8-9-16-12-7-4-3-6-10(11)12/h2-7,11H,8-9H2,1H3,(H,14,15)/b5-2+. The van der Waals surface area contributed by atoms with Crippen LogP contribution in [-0.2, 0) is 4.79 Å². The highest BCUT2D eigenvalue weighted by atomic mass is 16.5. The normalized spacial score (nSPS) is 18.9. The van der Waals surface area contributed by atoms with Gasteiger partial charge in [-0.3, -0.25) is 4.79 Å². The predicted octanol–water partition coefficient (Wildman–Crippen LogP) is 2.20. The fraction of sp³-hybridized carbons (Fsp3) is 0.308. The zero-order valence-electron chi connectivity index (χ0n) is 9.27. The minimum atomic E-state index is -0.0517. The van der Waals surface area contributed by atoms with E-state index in [-0.39, 0.29) is 11.9 Å². The fourth-order valence-corrected chi connectivity index (χ4v) is 1.86. The molecule has 1 aromatic rings. The van der Waals surface area contributed by atoms with E-state index in [9.17, 15) is 4.79 Å². The van der Waals surface area contributed by atoms with Crippen molar-refractivity contribution < 1.29 is 9.53 Å². The first-order valence-corrected chi connectivity index (χ1v) is 5.46. The van der Waals surface area contributed by atoms with E-state index in [4.69, 9.17) is 4.74 Å². The minimum absolute atomic E-state index is 0.0517. The number of amides is 1. The lowest BCUT2D eigenvalue weighted by molar-refractivity contribution is -0.117. The van der Waals surface area contributed by atoms with Crippen LogP contribution in [-0.4, -0.2) is 12.5 Å².